The van der Waals surface area contributed by atoms with Gasteiger partial charge >= 0.3 is 0 Å². The van der Waals surface area contributed by atoms with E-state index in [1.807, 2.05) is 0 Å². The molecule has 3 aromatic rings. The van der Waals surface area contributed by atoms with Crippen LogP contribution in [0.25, 0.3) is 0 Å². The molecular weight excluding hydrogens is 680 g/mol. The van der Waals surface area contributed by atoms with Crippen molar-refractivity contribution in [3.8, 4) is 0 Å². The van der Waals surface area contributed by atoms with Gasteiger partial charge in [-0.25, -0.2) is 0 Å². The van der Waals surface area contributed by atoms with Crippen LogP contribution in [0.4, 0.5) is 0 Å². The lowest BCUT2D eigenvalue weighted by molar-refractivity contribution is 0.583. The quantitative estimate of drug-likeness (QED) is 0.0413. The van der Waals surface area contributed by atoms with Crippen LogP contribution in [0.2, 0.25) is 0 Å². The fourth-order valence-electron chi connectivity index (χ4n) is 8.70. The Kier molecular flexibility index (Phi) is 27.7. The summed E-state index contributed by atoms with van der Waals surface area (Å²) in [4.78, 5) is 0. The second-order valence-electron chi connectivity index (χ2n) is 17.0. The van der Waals surface area contributed by atoms with Gasteiger partial charge in [-0.2, -0.15) is 0 Å². The SMILES string of the molecule is CCCCCCCCCc1ccccc1P(c1ccccc1CCCCCCCCC)c1cccc(CCCCCCCCC)c1CCCCCCCCC. The van der Waals surface area contributed by atoms with Gasteiger partial charge in [0.15, 0.2) is 0 Å². The molecule has 0 aliphatic carbocycles. The van der Waals surface area contributed by atoms with Crippen LogP contribution in [0.15, 0.2) is 66.7 Å². The molecule has 0 atom stereocenters. The number of aryl methyl sites for hydroxylation is 3. The maximum atomic E-state index is 2.59. The molecule has 0 nitrogen and oxygen atoms in total. The zero-order chi connectivity index (χ0) is 39.0. The molecule has 0 saturated carbocycles. The van der Waals surface area contributed by atoms with Crippen LogP contribution in [-0.4, -0.2) is 0 Å². The highest BCUT2D eigenvalue weighted by Crippen LogP contribution is 2.39. The molecule has 0 heterocycles. The predicted molar refractivity (Wildman–Crippen MR) is 252 cm³/mol. The Morgan fingerprint density at radius 1 is 0.273 bits per heavy atom. The second kappa shape index (κ2) is 32.1. The predicted octanol–water partition coefficient (Wildman–Crippen LogP) is 16.6. The lowest BCUT2D eigenvalue weighted by Crippen LogP contribution is -2.28. The standard InChI is InChI=1S/C54H87P/c1-5-9-13-17-21-25-29-38-48-43-37-47-54(51(48)44-32-28-24-20-16-12-8-4)55(52-45-35-33-41-49(52)39-30-26-22-18-14-10-6-2)53-46-36-34-42-50(53)40-31-27-23-19-15-11-7-3/h33-37,41-43,45-47H,5-32,38-40,44H2,1-4H3. The lowest BCUT2D eigenvalue weighted by atomic mass is 9.96. The summed E-state index contributed by atoms with van der Waals surface area (Å²) in [6.45, 7) is 9.32. The Balaban J connectivity index is 1.98. The number of rotatable bonds is 35. The number of unbranched alkanes of at least 4 members (excludes halogenated alkanes) is 24. The van der Waals surface area contributed by atoms with Gasteiger partial charge in [0, 0.05) is 0 Å². The van der Waals surface area contributed by atoms with Crippen molar-refractivity contribution in [2.75, 3.05) is 0 Å². The van der Waals surface area contributed by atoms with Gasteiger partial charge in [0.2, 0.25) is 0 Å². The molecule has 0 N–H and O–H groups in total. The molecule has 3 rings (SSSR count). The Labute approximate surface area is 344 Å². The zero-order valence-corrected chi connectivity index (χ0v) is 37.8. The van der Waals surface area contributed by atoms with Gasteiger partial charge in [-0.1, -0.05) is 249 Å². The molecule has 1 heteroatoms. The van der Waals surface area contributed by atoms with E-state index in [1.54, 1.807) is 38.2 Å². The van der Waals surface area contributed by atoms with Crippen LogP contribution in [0.1, 0.15) is 230 Å². The van der Waals surface area contributed by atoms with Crippen molar-refractivity contribution in [3.63, 3.8) is 0 Å². The topological polar surface area (TPSA) is 0 Å². The molecule has 0 bridgehead atoms. The van der Waals surface area contributed by atoms with Crippen LogP contribution in [-0.2, 0) is 25.7 Å². The first-order valence-corrected chi connectivity index (χ1v) is 25.7. The minimum Gasteiger partial charge on any atom is -0.0654 e. The molecular formula is C54H87P. The smallest absolute Gasteiger partial charge is 0.0116 e. The fourth-order valence-corrected chi connectivity index (χ4v) is 11.7. The van der Waals surface area contributed by atoms with Gasteiger partial charge in [-0.05, 0) is 97.5 Å². The van der Waals surface area contributed by atoms with Crippen LogP contribution < -0.4 is 15.9 Å². The van der Waals surface area contributed by atoms with Crippen molar-refractivity contribution in [2.45, 2.75) is 233 Å². The molecule has 0 saturated heterocycles. The monoisotopic (exact) mass is 767 g/mol. The highest BCUT2D eigenvalue weighted by molar-refractivity contribution is 7.80. The Morgan fingerprint density at radius 2 is 0.564 bits per heavy atom. The molecule has 3 aromatic carbocycles. The number of hydrogen-bond acceptors (Lipinski definition) is 0. The molecule has 0 aliphatic heterocycles. The number of hydrogen-bond donors (Lipinski definition) is 0. The van der Waals surface area contributed by atoms with Gasteiger partial charge < -0.3 is 0 Å². The maximum absolute atomic E-state index is 2.59. The lowest BCUT2D eigenvalue weighted by Gasteiger charge is -2.28. The van der Waals surface area contributed by atoms with E-state index in [4.69, 9.17) is 0 Å². The third kappa shape index (κ3) is 19.4. The molecule has 0 aliphatic rings. The Bertz CT molecular complexity index is 1280. The van der Waals surface area contributed by atoms with Gasteiger partial charge in [-0.15, -0.1) is 0 Å². The van der Waals surface area contributed by atoms with E-state index in [-0.39, 0.29) is 0 Å². The van der Waals surface area contributed by atoms with Gasteiger partial charge in [0.05, 0.1) is 0 Å². The molecule has 0 amide bonds. The summed E-state index contributed by atoms with van der Waals surface area (Å²) in [6, 6.07) is 27.0. The van der Waals surface area contributed by atoms with E-state index >= 15 is 0 Å². The van der Waals surface area contributed by atoms with E-state index in [2.05, 4.69) is 94.4 Å². The molecule has 308 valence electrons. The molecule has 0 unspecified atom stereocenters. The van der Waals surface area contributed by atoms with Crippen LogP contribution in [0, 0.1) is 0 Å². The van der Waals surface area contributed by atoms with E-state index in [1.165, 1.54) is 205 Å². The first-order chi connectivity index (χ1) is 27.2. The third-order valence-corrected chi connectivity index (χ3v) is 14.9. The van der Waals surface area contributed by atoms with Crippen molar-refractivity contribution >= 4 is 23.8 Å². The summed E-state index contributed by atoms with van der Waals surface area (Å²) in [7, 11) is -0.651. The molecule has 0 fully saturated rings. The summed E-state index contributed by atoms with van der Waals surface area (Å²) in [5.41, 5.74) is 6.63. The average molecular weight is 767 g/mol. The van der Waals surface area contributed by atoms with Crippen molar-refractivity contribution in [3.05, 3.63) is 89.0 Å². The van der Waals surface area contributed by atoms with Crippen molar-refractivity contribution in [1.29, 1.82) is 0 Å². The molecule has 0 aromatic heterocycles. The van der Waals surface area contributed by atoms with Crippen LogP contribution in [0.5, 0.6) is 0 Å². The van der Waals surface area contributed by atoms with Gasteiger partial charge in [0.25, 0.3) is 0 Å². The van der Waals surface area contributed by atoms with Crippen LogP contribution in [0.3, 0.4) is 0 Å². The van der Waals surface area contributed by atoms with Crippen molar-refractivity contribution in [2.24, 2.45) is 0 Å². The summed E-state index contributed by atoms with van der Waals surface area (Å²) < 4.78 is 0. The maximum Gasteiger partial charge on any atom is -0.0116 e. The highest BCUT2D eigenvalue weighted by atomic mass is 31.1. The zero-order valence-electron chi connectivity index (χ0n) is 36.9. The van der Waals surface area contributed by atoms with E-state index in [0.29, 0.717) is 0 Å². The van der Waals surface area contributed by atoms with E-state index in [0.717, 1.165) is 0 Å². The van der Waals surface area contributed by atoms with Crippen LogP contribution >= 0.6 is 7.92 Å². The van der Waals surface area contributed by atoms with Gasteiger partial charge in [-0.3, -0.25) is 0 Å². The largest absolute Gasteiger partial charge is 0.0654 e. The Hall–Kier alpha value is -1.91. The molecule has 55 heavy (non-hydrogen) atoms. The highest BCUT2D eigenvalue weighted by Gasteiger charge is 2.25. The summed E-state index contributed by atoms with van der Waals surface area (Å²) in [5, 5.41) is 4.97. The second-order valence-corrected chi connectivity index (χ2v) is 19.1. The van der Waals surface area contributed by atoms with Crippen molar-refractivity contribution < 1.29 is 0 Å². The first kappa shape index (κ1) is 47.5. The molecule has 0 spiro atoms. The van der Waals surface area contributed by atoms with Crippen molar-refractivity contribution in [1.82, 2.24) is 0 Å². The van der Waals surface area contributed by atoms with E-state index < -0.39 is 7.92 Å². The summed E-state index contributed by atoms with van der Waals surface area (Å²) in [6.07, 6.45) is 43.4. The normalized spacial score (nSPS) is 11.6. The minimum atomic E-state index is -0.651. The average Bonchev–Trinajstić information content (AvgIpc) is 3.21. The number of benzene rings is 3. The van der Waals surface area contributed by atoms with Gasteiger partial charge in [0.1, 0.15) is 0 Å². The first-order valence-electron chi connectivity index (χ1n) is 24.3. The Morgan fingerprint density at radius 3 is 0.964 bits per heavy atom. The summed E-state index contributed by atoms with van der Waals surface area (Å²) in [5.74, 6) is 0. The fraction of sp³-hybridized carbons (Fsp3) is 0.667. The molecule has 0 radical (unpaired) electrons. The minimum absolute atomic E-state index is 0.651. The van der Waals surface area contributed by atoms with E-state index in [9.17, 15) is 0 Å². The summed E-state index contributed by atoms with van der Waals surface area (Å²) >= 11 is 0. The third-order valence-electron chi connectivity index (χ3n) is 12.1.